The molecule has 0 amide bonds. The Morgan fingerprint density at radius 2 is 0.522 bits per heavy atom. The second kappa shape index (κ2) is 7.28. The van der Waals surface area contributed by atoms with Gasteiger partial charge in [-0.2, -0.15) is 0 Å². The van der Waals surface area contributed by atoms with Gasteiger partial charge in [0.25, 0.3) is 0 Å². The Morgan fingerprint density at radius 3 is 1.11 bits per heavy atom. The van der Waals surface area contributed by atoms with E-state index in [9.17, 15) is 0 Å². The predicted molar refractivity (Wildman–Crippen MR) is 201 cm³/mol. The van der Waals surface area contributed by atoms with Crippen molar-refractivity contribution in [3.8, 4) is 0 Å². The fourth-order valence-corrected chi connectivity index (χ4v) is 9.71. The van der Waals surface area contributed by atoms with Gasteiger partial charge in [0.05, 0.1) is 0 Å². The van der Waals surface area contributed by atoms with Crippen molar-refractivity contribution in [3.63, 3.8) is 0 Å². The summed E-state index contributed by atoms with van der Waals surface area (Å²) < 4.78 is 0. The monoisotopic (exact) mass is 574 g/mol. The highest BCUT2D eigenvalue weighted by Crippen LogP contribution is 2.49. The van der Waals surface area contributed by atoms with Crippen molar-refractivity contribution in [3.05, 3.63) is 133 Å². The molecular weight excluding hydrogens is 553 g/mol. The quantitative estimate of drug-likeness (QED) is 0.125. The van der Waals surface area contributed by atoms with E-state index in [0.29, 0.717) is 0 Å². The fraction of sp³-hybridized carbons (Fsp3) is 0. The number of hydrogen-bond donors (Lipinski definition) is 0. The molecule has 0 aliphatic heterocycles. The molecule has 0 aliphatic rings. The van der Waals surface area contributed by atoms with Gasteiger partial charge in [-0.05, 0) is 160 Å². The van der Waals surface area contributed by atoms with Crippen molar-refractivity contribution in [1.82, 2.24) is 0 Å². The van der Waals surface area contributed by atoms with Gasteiger partial charge in [0.2, 0.25) is 0 Å². The summed E-state index contributed by atoms with van der Waals surface area (Å²) in [4.78, 5) is 0. The molecule has 0 saturated carbocycles. The normalized spacial score (nSPS) is 13.2. The van der Waals surface area contributed by atoms with Crippen LogP contribution in [-0.2, 0) is 0 Å². The molecule has 0 heterocycles. The molecule has 46 heavy (non-hydrogen) atoms. The molecule has 0 bridgehead atoms. The van der Waals surface area contributed by atoms with Crippen LogP contribution in [0.15, 0.2) is 133 Å². The van der Waals surface area contributed by atoms with Crippen LogP contribution in [0, 0.1) is 0 Å². The van der Waals surface area contributed by atoms with E-state index in [1.54, 1.807) is 0 Å². The molecule has 13 aromatic carbocycles. The first kappa shape index (κ1) is 22.5. The second-order valence-corrected chi connectivity index (χ2v) is 13.6. The number of fused-ring (bicyclic) bond motifs is 9. The van der Waals surface area contributed by atoms with Crippen LogP contribution in [0.25, 0.3) is 129 Å². The van der Waals surface area contributed by atoms with Crippen LogP contribution in [0.2, 0.25) is 0 Å². The van der Waals surface area contributed by atoms with Crippen molar-refractivity contribution in [1.29, 1.82) is 0 Å². The molecule has 0 atom stereocenters. The van der Waals surface area contributed by atoms with Gasteiger partial charge < -0.3 is 0 Å². The van der Waals surface area contributed by atoms with Crippen molar-refractivity contribution < 1.29 is 0 Å². The van der Waals surface area contributed by atoms with Crippen molar-refractivity contribution >= 4 is 129 Å². The average Bonchev–Trinajstić information content (AvgIpc) is 3.59. The molecule has 0 radical (unpaired) electrons. The summed E-state index contributed by atoms with van der Waals surface area (Å²) in [7, 11) is 0. The van der Waals surface area contributed by atoms with Gasteiger partial charge >= 0.3 is 0 Å². The third kappa shape index (κ3) is 2.38. The Morgan fingerprint density at radius 1 is 0.174 bits per heavy atom. The van der Waals surface area contributed by atoms with Gasteiger partial charge in [-0.1, -0.05) is 103 Å². The van der Waals surface area contributed by atoms with Gasteiger partial charge in [-0.25, -0.2) is 0 Å². The van der Waals surface area contributed by atoms with E-state index < -0.39 is 0 Å². The lowest BCUT2D eigenvalue weighted by molar-refractivity contribution is 1.81. The molecular formula is C46H22. The van der Waals surface area contributed by atoms with Crippen LogP contribution in [-0.4, -0.2) is 0 Å². The van der Waals surface area contributed by atoms with Gasteiger partial charge in [-0.15, -0.1) is 0 Å². The van der Waals surface area contributed by atoms with Crippen LogP contribution in [0.3, 0.4) is 0 Å². The molecule has 0 spiro atoms. The lowest BCUT2D eigenvalue weighted by Crippen LogP contribution is -1.86. The zero-order valence-electron chi connectivity index (χ0n) is 24.7. The van der Waals surface area contributed by atoms with E-state index in [1.165, 1.54) is 129 Å². The summed E-state index contributed by atoms with van der Waals surface area (Å²) >= 11 is 0. The number of benzene rings is 11. The highest BCUT2D eigenvalue weighted by atomic mass is 14.2. The fourth-order valence-electron chi connectivity index (χ4n) is 9.71. The Kier molecular flexibility index (Phi) is 3.56. The molecule has 0 aromatic heterocycles. The van der Waals surface area contributed by atoms with E-state index in [0.717, 1.165) is 0 Å². The maximum Gasteiger partial charge on any atom is -0.00137 e. The van der Waals surface area contributed by atoms with Crippen molar-refractivity contribution in [2.24, 2.45) is 0 Å². The second-order valence-electron chi connectivity index (χ2n) is 13.6. The number of rotatable bonds is 0. The van der Waals surface area contributed by atoms with Gasteiger partial charge in [0.1, 0.15) is 0 Å². The smallest absolute Gasteiger partial charge is 0.00137 e. The zero-order valence-corrected chi connectivity index (χ0v) is 24.7. The van der Waals surface area contributed by atoms with Crippen molar-refractivity contribution in [2.45, 2.75) is 0 Å². The molecule has 0 nitrogen and oxygen atoms in total. The van der Waals surface area contributed by atoms with E-state index in [4.69, 9.17) is 0 Å². The Labute approximate surface area is 262 Å². The summed E-state index contributed by atoms with van der Waals surface area (Å²) in [6.07, 6.45) is 0. The summed E-state index contributed by atoms with van der Waals surface area (Å²) in [5, 5.41) is 32.7. The van der Waals surface area contributed by atoms with E-state index >= 15 is 0 Å². The molecule has 0 heteroatoms. The summed E-state index contributed by atoms with van der Waals surface area (Å²) in [5.74, 6) is 0. The molecule has 13 rings (SSSR count). The van der Waals surface area contributed by atoms with Crippen LogP contribution < -0.4 is 0 Å². The lowest BCUT2D eigenvalue weighted by atomic mass is 9.89. The minimum atomic E-state index is 1.31. The molecule has 0 N–H and O–H groups in total. The molecule has 0 unspecified atom stereocenters. The Hall–Kier alpha value is -5.98. The maximum atomic E-state index is 2.47. The highest BCUT2D eigenvalue weighted by Gasteiger charge is 2.21. The topological polar surface area (TPSA) is 0 Å². The third-order valence-electron chi connectivity index (χ3n) is 11.5. The molecule has 0 fully saturated rings. The van der Waals surface area contributed by atoms with Crippen molar-refractivity contribution in [2.75, 3.05) is 0 Å². The predicted octanol–water partition coefficient (Wildman–Crippen LogP) is 13.3. The first-order chi connectivity index (χ1) is 22.8. The van der Waals surface area contributed by atoms with E-state index in [-0.39, 0.29) is 0 Å². The molecule has 13 aromatic rings. The zero-order chi connectivity index (χ0) is 29.4. The van der Waals surface area contributed by atoms with E-state index in [2.05, 4.69) is 133 Å². The maximum absolute atomic E-state index is 2.47. The van der Waals surface area contributed by atoms with Crippen LogP contribution >= 0.6 is 0 Å². The van der Waals surface area contributed by atoms with Gasteiger partial charge in [0, 0.05) is 0 Å². The largest absolute Gasteiger partial charge is 0.0610 e. The Bertz CT molecular complexity index is 3400. The molecule has 0 aliphatic carbocycles. The standard InChI is InChI=1S/C46H22/c1-4-24-10-11-25-12-13-33-38-21-27-19-36-34-16-14-31-29-8-2-5-23-6-3-9-30(42(23)29)32-15-17-35(45(34)44(31)32)37(36)20-28(27)22-39(38)40-18-26(7-1)41(24)43(25)46(33)40/h1-22H. The third-order valence-corrected chi connectivity index (χ3v) is 11.5. The molecule has 206 valence electrons. The minimum absolute atomic E-state index is 1.31. The minimum Gasteiger partial charge on any atom is -0.0610 e. The summed E-state index contributed by atoms with van der Waals surface area (Å²) in [6, 6.07) is 51.3. The van der Waals surface area contributed by atoms with Crippen LogP contribution in [0.5, 0.6) is 0 Å². The summed E-state index contributed by atoms with van der Waals surface area (Å²) in [6.45, 7) is 0. The van der Waals surface area contributed by atoms with Gasteiger partial charge in [0.15, 0.2) is 0 Å². The number of hydrogen-bond acceptors (Lipinski definition) is 0. The SMILES string of the molecule is c1cc2ccc3ccc4c5cc6cc7c(cc6cc5c5cc(c1)c2c3c45)c1ccc2c3cccc4cccc(c5ccc7c1c52)c43. The van der Waals surface area contributed by atoms with Crippen LogP contribution in [0.4, 0.5) is 0 Å². The first-order valence-corrected chi connectivity index (χ1v) is 16.3. The van der Waals surface area contributed by atoms with Crippen LogP contribution in [0.1, 0.15) is 0 Å². The van der Waals surface area contributed by atoms with E-state index in [1.807, 2.05) is 0 Å². The first-order valence-electron chi connectivity index (χ1n) is 16.3. The highest BCUT2D eigenvalue weighted by molar-refractivity contribution is 6.43. The molecule has 0 saturated heterocycles. The Balaban J connectivity index is 1.20. The summed E-state index contributed by atoms with van der Waals surface area (Å²) in [5.41, 5.74) is 0. The lowest BCUT2D eigenvalue weighted by Gasteiger charge is -2.14. The van der Waals surface area contributed by atoms with Gasteiger partial charge in [-0.3, -0.25) is 0 Å². The average molecular weight is 575 g/mol.